The molecule has 1 N–H and O–H groups in total. The lowest BCUT2D eigenvalue weighted by Gasteiger charge is -2.40. The fourth-order valence-electron chi connectivity index (χ4n) is 1.93. The van der Waals surface area contributed by atoms with Gasteiger partial charge < -0.3 is 10.1 Å². The van der Waals surface area contributed by atoms with E-state index in [-0.39, 0.29) is 0 Å². The number of nitrogens with one attached hydrogen (secondary N) is 1. The van der Waals surface area contributed by atoms with Gasteiger partial charge in [0.1, 0.15) is 5.54 Å². The van der Waals surface area contributed by atoms with Crippen LogP contribution in [-0.4, -0.2) is 50.3 Å². The maximum Gasteiger partial charge on any atom is 0.132 e. The Labute approximate surface area is 85.8 Å². The Hall–Kier alpha value is -0.630. The largest absolute Gasteiger partial charge is 0.382 e. The summed E-state index contributed by atoms with van der Waals surface area (Å²) >= 11 is 0. The van der Waals surface area contributed by atoms with Gasteiger partial charge in [-0.1, -0.05) is 6.92 Å². The number of methoxy groups -OCH3 is 1. The highest BCUT2D eigenvalue weighted by molar-refractivity contribution is 5.08. The van der Waals surface area contributed by atoms with E-state index in [9.17, 15) is 5.26 Å². The topological polar surface area (TPSA) is 48.3 Å². The van der Waals surface area contributed by atoms with E-state index in [2.05, 4.69) is 16.3 Å². The summed E-state index contributed by atoms with van der Waals surface area (Å²) in [7, 11) is 1.66. The summed E-state index contributed by atoms with van der Waals surface area (Å²) in [4.78, 5) is 2.23. The average Bonchev–Trinajstić information content (AvgIpc) is 2.27. The molecule has 0 aromatic carbocycles. The van der Waals surface area contributed by atoms with Gasteiger partial charge in [-0.25, -0.2) is 0 Å². The second-order valence-electron chi connectivity index (χ2n) is 3.67. The van der Waals surface area contributed by atoms with Crippen molar-refractivity contribution >= 4 is 0 Å². The first-order valence-electron chi connectivity index (χ1n) is 5.15. The van der Waals surface area contributed by atoms with E-state index in [4.69, 9.17) is 4.74 Å². The van der Waals surface area contributed by atoms with E-state index in [1.165, 1.54) is 0 Å². The first-order valence-corrected chi connectivity index (χ1v) is 5.15. The van der Waals surface area contributed by atoms with Crippen LogP contribution in [-0.2, 0) is 4.74 Å². The van der Waals surface area contributed by atoms with Crippen LogP contribution < -0.4 is 5.32 Å². The second-order valence-corrected chi connectivity index (χ2v) is 3.67. The normalized spacial score (nSPS) is 22.6. The number of hydrogen-bond donors (Lipinski definition) is 1. The third-order valence-electron chi connectivity index (χ3n) is 2.90. The van der Waals surface area contributed by atoms with Crippen LogP contribution >= 0.6 is 0 Å². The maximum absolute atomic E-state index is 9.27. The minimum absolute atomic E-state index is 0.420. The third kappa shape index (κ3) is 2.24. The van der Waals surface area contributed by atoms with Gasteiger partial charge in [-0.3, -0.25) is 4.90 Å². The summed E-state index contributed by atoms with van der Waals surface area (Å²) in [6.45, 7) is 6.35. The fraction of sp³-hybridized carbons (Fsp3) is 0.900. The van der Waals surface area contributed by atoms with E-state index in [0.29, 0.717) is 6.61 Å². The van der Waals surface area contributed by atoms with Crippen LogP contribution in [0.1, 0.15) is 13.3 Å². The van der Waals surface area contributed by atoms with Crippen molar-refractivity contribution in [3.8, 4) is 6.07 Å². The molecule has 0 spiro atoms. The monoisotopic (exact) mass is 197 g/mol. The zero-order chi connectivity index (χ0) is 10.4. The standard InChI is InChI=1S/C10H19N3O/c1-3-10(8-11,9-14-2)13-6-4-12-5-7-13/h12H,3-7,9H2,1-2H3. The number of rotatable bonds is 4. The second kappa shape index (κ2) is 5.30. The predicted octanol–water partition coefficient (Wildman–Crippen LogP) is 0.210. The average molecular weight is 197 g/mol. The van der Waals surface area contributed by atoms with Gasteiger partial charge in [0, 0.05) is 33.3 Å². The van der Waals surface area contributed by atoms with E-state index < -0.39 is 5.54 Å². The molecule has 1 rings (SSSR count). The van der Waals surface area contributed by atoms with Crippen LogP contribution in [0.2, 0.25) is 0 Å². The minimum Gasteiger partial charge on any atom is -0.382 e. The molecule has 14 heavy (non-hydrogen) atoms. The Morgan fingerprint density at radius 2 is 2.14 bits per heavy atom. The summed E-state index contributed by atoms with van der Waals surface area (Å²) < 4.78 is 5.16. The molecule has 0 radical (unpaired) electrons. The summed E-state index contributed by atoms with van der Waals surface area (Å²) in [5, 5.41) is 12.6. The highest BCUT2D eigenvalue weighted by Gasteiger charge is 2.35. The summed E-state index contributed by atoms with van der Waals surface area (Å²) in [5.41, 5.74) is -0.420. The number of piperazine rings is 1. The number of ether oxygens (including phenoxy) is 1. The lowest BCUT2D eigenvalue weighted by molar-refractivity contribution is 0.0358. The molecule has 1 unspecified atom stereocenters. The van der Waals surface area contributed by atoms with Crippen LogP contribution in [0.4, 0.5) is 0 Å². The quantitative estimate of drug-likeness (QED) is 0.700. The molecule has 1 aliphatic heterocycles. The number of hydrogen-bond acceptors (Lipinski definition) is 4. The van der Waals surface area contributed by atoms with Gasteiger partial charge in [-0.2, -0.15) is 5.26 Å². The molecule has 1 atom stereocenters. The van der Waals surface area contributed by atoms with Gasteiger partial charge in [0.05, 0.1) is 12.7 Å². The van der Waals surface area contributed by atoms with E-state index in [0.717, 1.165) is 32.6 Å². The smallest absolute Gasteiger partial charge is 0.132 e. The molecule has 0 bridgehead atoms. The Balaban J connectivity index is 2.69. The molecule has 0 amide bonds. The minimum atomic E-state index is -0.420. The number of nitriles is 1. The molecule has 0 aliphatic carbocycles. The summed E-state index contributed by atoms with van der Waals surface area (Å²) in [6.07, 6.45) is 0.817. The highest BCUT2D eigenvalue weighted by atomic mass is 16.5. The summed E-state index contributed by atoms with van der Waals surface area (Å²) in [5.74, 6) is 0. The van der Waals surface area contributed by atoms with E-state index in [1.807, 2.05) is 6.92 Å². The molecular formula is C10H19N3O. The lowest BCUT2D eigenvalue weighted by Crippen LogP contribution is -2.57. The number of nitrogens with zero attached hydrogens (tertiary/aromatic N) is 2. The van der Waals surface area contributed by atoms with Crippen LogP contribution in [0.3, 0.4) is 0 Å². The third-order valence-corrected chi connectivity index (χ3v) is 2.90. The van der Waals surface area contributed by atoms with Crippen LogP contribution in [0.15, 0.2) is 0 Å². The van der Waals surface area contributed by atoms with Crippen LogP contribution in [0.5, 0.6) is 0 Å². The molecule has 4 heteroatoms. The Bertz CT molecular complexity index is 208. The van der Waals surface area contributed by atoms with Gasteiger partial charge in [-0.15, -0.1) is 0 Å². The molecule has 1 fully saturated rings. The van der Waals surface area contributed by atoms with Crippen LogP contribution in [0, 0.1) is 11.3 Å². The zero-order valence-corrected chi connectivity index (χ0v) is 9.05. The Morgan fingerprint density at radius 3 is 2.57 bits per heavy atom. The van der Waals surface area contributed by atoms with Crippen molar-refractivity contribution in [1.29, 1.82) is 5.26 Å². The van der Waals surface area contributed by atoms with Gasteiger partial charge in [0.2, 0.25) is 0 Å². The van der Waals surface area contributed by atoms with Crippen molar-refractivity contribution in [2.75, 3.05) is 39.9 Å². The molecule has 80 valence electrons. The highest BCUT2D eigenvalue weighted by Crippen LogP contribution is 2.19. The van der Waals surface area contributed by atoms with Crippen molar-refractivity contribution in [2.45, 2.75) is 18.9 Å². The van der Waals surface area contributed by atoms with Gasteiger partial charge in [-0.05, 0) is 6.42 Å². The van der Waals surface area contributed by atoms with E-state index in [1.54, 1.807) is 7.11 Å². The molecule has 4 nitrogen and oxygen atoms in total. The maximum atomic E-state index is 9.27. The van der Waals surface area contributed by atoms with Gasteiger partial charge in [0.15, 0.2) is 0 Å². The summed E-state index contributed by atoms with van der Waals surface area (Å²) in [6, 6.07) is 2.41. The van der Waals surface area contributed by atoms with Crippen molar-refractivity contribution in [1.82, 2.24) is 10.2 Å². The van der Waals surface area contributed by atoms with E-state index >= 15 is 0 Å². The van der Waals surface area contributed by atoms with Gasteiger partial charge >= 0.3 is 0 Å². The molecule has 1 aliphatic rings. The molecule has 1 heterocycles. The van der Waals surface area contributed by atoms with Crippen molar-refractivity contribution in [3.63, 3.8) is 0 Å². The SMILES string of the molecule is CCC(C#N)(COC)N1CCNCC1. The predicted molar refractivity (Wildman–Crippen MR) is 55.0 cm³/mol. The van der Waals surface area contributed by atoms with Gasteiger partial charge in [0.25, 0.3) is 0 Å². The lowest BCUT2D eigenvalue weighted by atomic mass is 9.96. The van der Waals surface area contributed by atoms with Crippen molar-refractivity contribution in [3.05, 3.63) is 0 Å². The molecule has 0 saturated carbocycles. The molecule has 0 aromatic heterocycles. The Kier molecular flexibility index (Phi) is 4.33. The molecule has 1 saturated heterocycles. The Morgan fingerprint density at radius 1 is 1.50 bits per heavy atom. The van der Waals surface area contributed by atoms with Crippen molar-refractivity contribution in [2.24, 2.45) is 0 Å². The first-order chi connectivity index (χ1) is 6.79. The van der Waals surface area contributed by atoms with Crippen LogP contribution in [0.25, 0.3) is 0 Å². The first kappa shape index (κ1) is 11.4. The molecular weight excluding hydrogens is 178 g/mol. The zero-order valence-electron chi connectivity index (χ0n) is 9.05. The van der Waals surface area contributed by atoms with Crippen molar-refractivity contribution < 1.29 is 4.74 Å². The molecule has 0 aromatic rings. The fourth-order valence-corrected chi connectivity index (χ4v) is 1.93.